The minimum Gasteiger partial charge on any atom is -0.350 e. The number of nitrogens with zero attached hydrogens (tertiary/aromatic N) is 1. The lowest BCUT2D eigenvalue weighted by molar-refractivity contribution is 0.249. The lowest BCUT2D eigenvalue weighted by Gasteiger charge is -1.97. The van der Waals surface area contributed by atoms with Crippen LogP contribution in [0.15, 0.2) is 41.5 Å². The Balaban J connectivity index is 2.18. The fourth-order valence-corrected chi connectivity index (χ4v) is 2.29. The van der Waals surface area contributed by atoms with E-state index in [0.717, 1.165) is 9.75 Å². The molecule has 18 heavy (non-hydrogen) atoms. The van der Waals surface area contributed by atoms with Gasteiger partial charge in [0.15, 0.2) is 0 Å². The Hall–Kier alpha value is -2.21. The van der Waals surface area contributed by atoms with E-state index < -0.39 is 6.03 Å². The van der Waals surface area contributed by atoms with Crippen molar-refractivity contribution in [3.8, 4) is 10.4 Å². The summed E-state index contributed by atoms with van der Waals surface area (Å²) in [4.78, 5) is 12.0. The molecule has 0 saturated heterocycles. The maximum Gasteiger partial charge on any atom is 0.332 e. The molecular formula is C12H10FN3OS. The second kappa shape index (κ2) is 5.42. The molecule has 0 saturated carbocycles. The number of halogens is 1. The van der Waals surface area contributed by atoms with Gasteiger partial charge in [-0.2, -0.15) is 5.10 Å². The topological polar surface area (TPSA) is 67.5 Å². The van der Waals surface area contributed by atoms with Crippen LogP contribution in [0.25, 0.3) is 10.4 Å². The van der Waals surface area contributed by atoms with Gasteiger partial charge >= 0.3 is 6.03 Å². The van der Waals surface area contributed by atoms with Gasteiger partial charge in [-0.05, 0) is 18.2 Å². The molecule has 0 aliphatic heterocycles. The Morgan fingerprint density at radius 1 is 1.33 bits per heavy atom. The summed E-state index contributed by atoms with van der Waals surface area (Å²) < 4.78 is 13.5. The normalized spacial score (nSPS) is 10.7. The van der Waals surface area contributed by atoms with E-state index in [2.05, 4.69) is 10.5 Å². The number of carbonyl (C=O) groups is 1. The fourth-order valence-electron chi connectivity index (χ4n) is 1.39. The van der Waals surface area contributed by atoms with Gasteiger partial charge < -0.3 is 5.73 Å². The van der Waals surface area contributed by atoms with E-state index in [1.807, 2.05) is 0 Å². The number of benzene rings is 1. The lowest BCUT2D eigenvalue weighted by Crippen LogP contribution is -2.24. The summed E-state index contributed by atoms with van der Waals surface area (Å²) in [7, 11) is 0. The molecule has 4 nitrogen and oxygen atoms in total. The zero-order chi connectivity index (χ0) is 13.0. The molecular weight excluding hydrogens is 253 g/mol. The van der Waals surface area contributed by atoms with Crippen molar-refractivity contribution in [1.82, 2.24) is 5.43 Å². The minimum atomic E-state index is -0.725. The van der Waals surface area contributed by atoms with Gasteiger partial charge in [0.25, 0.3) is 0 Å². The number of thiophene rings is 1. The highest BCUT2D eigenvalue weighted by molar-refractivity contribution is 7.17. The summed E-state index contributed by atoms with van der Waals surface area (Å²) in [5.41, 5.74) is 7.50. The molecule has 0 radical (unpaired) electrons. The highest BCUT2D eigenvalue weighted by atomic mass is 32.1. The van der Waals surface area contributed by atoms with E-state index in [1.54, 1.807) is 30.3 Å². The van der Waals surface area contributed by atoms with E-state index in [0.29, 0.717) is 5.56 Å². The Labute approximate surface area is 107 Å². The third-order valence-corrected chi connectivity index (χ3v) is 3.19. The van der Waals surface area contributed by atoms with E-state index in [1.165, 1.54) is 23.6 Å². The maximum absolute atomic E-state index is 13.5. The van der Waals surface area contributed by atoms with Gasteiger partial charge in [-0.3, -0.25) is 0 Å². The van der Waals surface area contributed by atoms with Crippen molar-refractivity contribution >= 4 is 23.6 Å². The number of hydrogen-bond donors (Lipinski definition) is 2. The summed E-state index contributed by atoms with van der Waals surface area (Å²) >= 11 is 1.37. The Kier molecular flexibility index (Phi) is 3.69. The standard InChI is InChI=1S/C12H10FN3OS/c13-10-4-2-1-3-9(10)11-6-5-8(18-11)7-15-16-12(14)17/h1-7H,(H3,14,16,17)/b15-7+. The molecule has 2 amide bonds. The van der Waals surface area contributed by atoms with Gasteiger partial charge in [-0.1, -0.05) is 18.2 Å². The molecule has 1 aromatic carbocycles. The number of rotatable bonds is 3. The van der Waals surface area contributed by atoms with Crippen molar-refractivity contribution in [2.24, 2.45) is 10.8 Å². The SMILES string of the molecule is NC(=O)N/N=C/c1ccc(-c2ccccc2F)s1. The van der Waals surface area contributed by atoms with Crippen molar-refractivity contribution in [2.75, 3.05) is 0 Å². The molecule has 0 aliphatic rings. The molecule has 1 aromatic heterocycles. The predicted molar refractivity (Wildman–Crippen MR) is 70.0 cm³/mol. The summed E-state index contributed by atoms with van der Waals surface area (Å²) in [6.45, 7) is 0. The molecule has 3 N–H and O–H groups in total. The van der Waals surface area contributed by atoms with Crippen LogP contribution in [-0.2, 0) is 0 Å². The molecule has 0 aliphatic carbocycles. The van der Waals surface area contributed by atoms with E-state index in [9.17, 15) is 9.18 Å². The first-order valence-electron chi connectivity index (χ1n) is 5.10. The molecule has 1 heterocycles. The number of carbonyl (C=O) groups excluding carboxylic acids is 1. The number of primary amides is 1. The van der Waals surface area contributed by atoms with E-state index in [-0.39, 0.29) is 5.82 Å². The van der Waals surface area contributed by atoms with Crippen LogP contribution < -0.4 is 11.2 Å². The van der Waals surface area contributed by atoms with Gasteiger partial charge in [-0.15, -0.1) is 11.3 Å². The first kappa shape index (κ1) is 12.3. The molecule has 0 bridgehead atoms. The molecule has 0 unspecified atom stereocenters. The first-order chi connectivity index (χ1) is 8.66. The molecule has 0 fully saturated rings. The quantitative estimate of drug-likeness (QED) is 0.648. The summed E-state index contributed by atoms with van der Waals surface area (Å²) in [6, 6.07) is 9.41. The largest absolute Gasteiger partial charge is 0.350 e. The van der Waals surface area contributed by atoms with Gasteiger partial charge in [0.2, 0.25) is 0 Å². The smallest absolute Gasteiger partial charge is 0.332 e. The summed E-state index contributed by atoms with van der Waals surface area (Å²) in [5.74, 6) is -0.266. The van der Waals surface area contributed by atoms with Crippen LogP contribution in [0.3, 0.4) is 0 Å². The summed E-state index contributed by atoms with van der Waals surface area (Å²) in [6.07, 6.45) is 1.46. The molecule has 0 spiro atoms. The third-order valence-electron chi connectivity index (χ3n) is 2.13. The number of nitrogens with one attached hydrogen (secondary N) is 1. The van der Waals surface area contributed by atoms with Crippen LogP contribution in [-0.4, -0.2) is 12.2 Å². The highest BCUT2D eigenvalue weighted by Crippen LogP contribution is 2.29. The van der Waals surface area contributed by atoms with Crippen molar-refractivity contribution in [3.63, 3.8) is 0 Å². The highest BCUT2D eigenvalue weighted by Gasteiger charge is 2.06. The number of hydrazone groups is 1. The Bertz CT molecular complexity index is 595. The monoisotopic (exact) mass is 263 g/mol. The Morgan fingerprint density at radius 2 is 2.11 bits per heavy atom. The zero-order valence-corrected chi connectivity index (χ0v) is 10.1. The van der Waals surface area contributed by atoms with E-state index in [4.69, 9.17) is 5.73 Å². The first-order valence-corrected chi connectivity index (χ1v) is 5.92. The van der Waals surface area contributed by atoms with Crippen LogP contribution in [0, 0.1) is 5.82 Å². The van der Waals surface area contributed by atoms with Crippen LogP contribution >= 0.6 is 11.3 Å². The van der Waals surface area contributed by atoms with Crippen LogP contribution in [0.1, 0.15) is 4.88 Å². The molecule has 0 atom stereocenters. The number of urea groups is 1. The van der Waals surface area contributed by atoms with Crippen LogP contribution in [0.5, 0.6) is 0 Å². The van der Waals surface area contributed by atoms with Crippen molar-refractivity contribution in [2.45, 2.75) is 0 Å². The minimum absolute atomic E-state index is 0.266. The number of amides is 2. The van der Waals surface area contributed by atoms with Crippen molar-refractivity contribution < 1.29 is 9.18 Å². The average molecular weight is 263 g/mol. The summed E-state index contributed by atoms with van der Waals surface area (Å²) in [5, 5.41) is 3.64. The average Bonchev–Trinajstić information content (AvgIpc) is 2.78. The van der Waals surface area contributed by atoms with Gasteiger partial charge in [0, 0.05) is 15.3 Å². The number of nitrogens with two attached hydrogens (primary N) is 1. The molecule has 2 rings (SSSR count). The van der Waals surface area contributed by atoms with Crippen molar-refractivity contribution in [1.29, 1.82) is 0 Å². The molecule has 6 heteroatoms. The zero-order valence-electron chi connectivity index (χ0n) is 9.26. The molecule has 92 valence electrons. The Morgan fingerprint density at radius 3 is 2.83 bits per heavy atom. The van der Waals surface area contributed by atoms with Gasteiger partial charge in [0.05, 0.1) is 6.21 Å². The van der Waals surface area contributed by atoms with Crippen molar-refractivity contribution in [3.05, 3.63) is 47.1 Å². The van der Waals surface area contributed by atoms with Gasteiger partial charge in [0.1, 0.15) is 5.82 Å². The lowest BCUT2D eigenvalue weighted by atomic mass is 10.2. The second-order valence-corrected chi connectivity index (χ2v) is 4.53. The second-order valence-electron chi connectivity index (χ2n) is 3.42. The predicted octanol–water partition coefficient (Wildman–Crippen LogP) is 2.56. The molecule has 2 aromatic rings. The van der Waals surface area contributed by atoms with Gasteiger partial charge in [-0.25, -0.2) is 14.6 Å². The van der Waals surface area contributed by atoms with E-state index >= 15 is 0 Å². The third kappa shape index (κ3) is 2.92. The number of hydrogen-bond acceptors (Lipinski definition) is 3. The van der Waals surface area contributed by atoms with Crippen LogP contribution in [0.4, 0.5) is 9.18 Å². The fraction of sp³-hybridized carbons (Fsp3) is 0. The van der Waals surface area contributed by atoms with Crippen LogP contribution in [0.2, 0.25) is 0 Å². The maximum atomic E-state index is 13.5.